The Morgan fingerprint density at radius 1 is 1.10 bits per heavy atom. The number of aryl methyl sites for hydroxylation is 3. The number of Topliss-reactive ketones (excluding diaryl/α,β-unsaturated/α-hetero) is 1. The Labute approximate surface area is 171 Å². The number of fused-ring (bicyclic) bond motifs is 1. The van der Waals surface area contributed by atoms with Crippen molar-refractivity contribution < 1.29 is 9.59 Å². The molecule has 2 heterocycles. The zero-order chi connectivity index (χ0) is 20.4. The molecular weight excluding hydrogens is 364 g/mol. The maximum atomic E-state index is 12.9. The molecule has 2 aliphatic rings. The number of rotatable bonds is 4. The number of piperidine rings is 1. The van der Waals surface area contributed by atoms with E-state index in [0.29, 0.717) is 43.1 Å². The van der Waals surface area contributed by atoms with Crippen LogP contribution in [0, 0.1) is 12.8 Å². The molecule has 2 aromatic rings. The lowest BCUT2D eigenvalue weighted by Crippen LogP contribution is -2.41. The summed E-state index contributed by atoms with van der Waals surface area (Å²) in [5, 5.41) is 0. The number of carbonyl (C=O) groups excluding carboxylic acids is 2. The minimum absolute atomic E-state index is 0.0198. The van der Waals surface area contributed by atoms with Crippen LogP contribution in [0.2, 0.25) is 0 Å². The highest BCUT2D eigenvalue weighted by molar-refractivity contribution is 6.01. The molecule has 0 radical (unpaired) electrons. The Bertz CT molecular complexity index is 967. The maximum absolute atomic E-state index is 12.9. The molecule has 152 valence electrons. The van der Waals surface area contributed by atoms with Crippen LogP contribution in [0.25, 0.3) is 0 Å². The van der Waals surface area contributed by atoms with Crippen molar-refractivity contribution in [3.05, 3.63) is 68.6 Å². The molecule has 1 aliphatic carbocycles. The third kappa shape index (κ3) is 4.34. The van der Waals surface area contributed by atoms with Crippen LogP contribution in [0.1, 0.15) is 69.6 Å². The largest absolute Gasteiger partial charge is 0.338 e. The molecule has 5 nitrogen and oxygen atoms in total. The first-order chi connectivity index (χ1) is 14.0. The molecule has 29 heavy (non-hydrogen) atoms. The fourth-order valence-corrected chi connectivity index (χ4v) is 4.45. The van der Waals surface area contributed by atoms with Gasteiger partial charge in [-0.3, -0.25) is 14.4 Å². The van der Waals surface area contributed by atoms with Crippen molar-refractivity contribution in [2.24, 2.45) is 5.92 Å². The summed E-state index contributed by atoms with van der Waals surface area (Å²) < 4.78 is 0. The predicted octanol–water partition coefficient (Wildman–Crippen LogP) is 3.69. The Hall–Kier alpha value is -2.69. The van der Waals surface area contributed by atoms with E-state index in [4.69, 9.17) is 0 Å². The lowest BCUT2D eigenvalue weighted by molar-refractivity contribution is 0.0685. The summed E-state index contributed by atoms with van der Waals surface area (Å²) in [6, 6.07) is 10.2. The SMILES string of the molecule is Cc1ccc(CCC2CCN(C(=O)c3cc4c([nH]c3=O)CCCC4=O)CC2)cc1. The molecule has 1 aromatic heterocycles. The van der Waals surface area contributed by atoms with Crippen molar-refractivity contribution in [2.45, 2.75) is 51.9 Å². The Kier molecular flexibility index (Phi) is 5.65. The molecule has 0 saturated carbocycles. The summed E-state index contributed by atoms with van der Waals surface area (Å²) in [5.74, 6) is 0.375. The summed E-state index contributed by atoms with van der Waals surface area (Å²) >= 11 is 0. The van der Waals surface area contributed by atoms with E-state index in [2.05, 4.69) is 36.2 Å². The summed E-state index contributed by atoms with van der Waals surface area (Å²) in [7, 11) is 0. The van der Waals surface area contributed by atoms with Gasteiger partial charge in [-0.25, -0.2) is 0 Å². The van der Waals surface area contributed by atoms with E-state index in [-0.39, 0.29) is 22.8 Å². The van der Waals surface area contributed by atoms with E-state index in [9.17, 15) is 14.4 Å². The number of aromatic amines is 1. The lowest BCUT2D eigenvalue weighted by atomic mass is 9.90. The second-order valence-electron chi connectivity index (χ2n) is 8.44. The highest BCUT2D eigenvalue weighted by Gasteiger charge is 2.27. The molecular formula is C24H28N2O3. The van der Waals surface area contributed by atoms with Gasteiger partial charge in [-0.2, -0.15) is 0 Å². The van der Waals surface area contributed by atoms with Gasteiger partial charge in [-0.1, -0.05) is 29.8 Å². The number of hydrogen-bond donors (Lipinski definition) is 1. The van der Waals surface area contributed by atoms with E-state index in [1.807, 2.05) is 0 Å². The van der Waals surface area contributed by atoms with Crippen molar-refractivity contribution in [3.8, 4) is 0 Å². The summed E-state index contributed by atoms with van der Waals surface area (Å²) in [6.45, 7) is 3.43. The van der Waals surface area contributed by atoms with Crippen LogP contribution < -0.4 is 5.56 Å². The van der Waals surface area contributed by atoms with Crippen LogP contribution in [-0.2, 0) is 12.8 Å². The van der Waals surface area contributed by atoms with Crippen molar-refractivity contribution >= 4 is 11.7 Å². The van der Waals surface area contributed by atoms with E-state index in [1.54, 1.807) is 4.90 Å². The molecule has 1 amide bonds. The van der Waals surface area contributed by atoms with Gasteiger partial charge in [-0.05, 0) is 63.0 Å². The van der Waals surface area contributed by atoms with Gasteiger partial charge in [0.05, 0.1) is 0 Å². The molecule has 4 rings (SSSR count). The lowest BCUT2D eigenvalue weighted by Gasteiger charge is -2.32. The van der Waals surface area contributed by atoms with Gasteiger partial charge in [0.2, 0.25) is 0 Å². The number of aromatic nitrogens is 1. The number of carbonyl (C=O) groups is 2. The topological polar surface area (TPSA) is 70.2 Å². The zero-order valence-electron chi connectivity index (χ0n) is 17.0. The monoisotopic (exact) mass is 392 g/mol. The smallest absolute Gasteiger partial charge is 0.261 e. The Morgan fingerprint density at radius 3 is 2.55 bits per heavy atom. The summed E-state index contributed by atoms with van der Waals surface area (Å²) in [5.41, 5.74) is 3.57. The average Bonchev–Trinajstić information content (AvgIpc) is 2.73. The van der Waals surface area contributed by atoms with Crippen LogP contribution in [0.5, 0.6) is 0 Å². The number of likely N-dealkylation sites (tertiary alicyclic amines) is 1. The maximum Gasteiger partial charge on any atom is 0.261 e. The number of H-pyrrole nitrogens is 1. The molecule has 0 atom stereocenters. The van der Waals surface area contributed by atoms with Crippen LogP contribution >= 0.6 is 0 Å². The number of amides is 1. The Morgan fingerprint density at radius 2 is 1.83 bits per heavy atom. The van der Waals surface area contributed by atoms with E-state index >= 15 is 0 Å². The van der Waals surface area contributed by atoms with E-state index < -0.39 is 0 Å². The van der Waals surface area contributed by atoms with Crippen LogP contribution in [0.3, 0.4) is 0 Å². The molecule has 0 spiro atoms. The first kappa shape index (κ1) is 19.6. The minimum atomic E-state index is -0.370. The highest BCUT2D eigenvalue weighted by Crippen LogP contribution is 2.24. The quantitative estimate of drug-likeness (QED) is 0.863. The second kappa shape index (κ2) is 8.36. The average molecular weight is 392 g/mol. The fraction of sp³-hybridized carbons (Fsp3) is 0.458. The third-order valence-corrected chi connectivity index (χ3v) is 6.35. The van der Waals surface area contributed by atoms with Crippen LogP contribution in [0.15, 0.2) is 35.1 Å². The van der Waals surface area contributed by atoms with Gasteiger partial charge < -0.3 is 9.88 Å². The van der Waals surface area contributed by atoms with Gasteiger partial charge in [-0.15, -0.1) is 0 Å². The molecule has 0 bridgehead atoms. The number of benzene rings is 1. The zero-order valence-corrected chi connectivity index (χ0v) is 17.0. The number of nitrogens with zero attached hydrogens (tertiary/aromatic N) is 1. The van der Waals surface area contributed by atoms with Gasteiger partial charge in [0, 0.05) is 30.8 Å². The number of hydrogen-bond acceptors (Lipinski definition) is 3. The number of pyridine rings is 1. The van der Waals surface area contributed by atoms with Crippen molar-refractivity contribution in [3.63, 3.8) is 0 Å². The van der Waals surface area contributed by atoms with Gasteiger partial charge in [0.15, 0.2) is 5.78 Å². The van der Waals surface area contributed by atoms with Gasteiger partial charge in [0.25, 0.3) is 11.5 Å². The standard InChI is InChI=1S/C24H28N2O3/c1-16-5-7-17(8-6-16)9-10-18-11-13-26(14-12-18)24(29)20-15-19-21(25-23(20)28)3-2-4-22(19)27/h5-8,15,18H,2-4,9-14H2,1H3,(H,25,28). The number of nitrogens with one attached hydrogen (secondary N) is 1. The summed E-state index contributed by atoms with van der Waals surface area (Å²) in [6.07, 6.45) is 6.03. The molecule has 0 unspecified atom stereocenters. The van der Waals surface area contributed by atoms with E-state index in [0.717, 1.165) is 32.1 Å². The fourth-order valence-electron chi connectivity index (χ4n) is 4.45. The first-order valence-electron chi connectivity index (χ1n) is 10.7. The molecule has 5 heteroatoms. The highest BCUT2D eigenvalue weighted by atomic mass is 16.2. The van der Waals surface area contributed by atoms with Crippen LogP contribution in [0.4, 0.5) is 0 Å². The Balaban J connectivity index is 1.37. The first-order valence-corrected chi connectivity index (χ1v) is 10.7. The van der Waals surface area contributed by atoms with Crippen molar-refractivity contribution in [2.75, 3.05) is 13.1 Å². The third-order valence-electron chi connectivity index (χ3n) is 6.35. The molecule has 1 aliphatic heterocycles. The summed E-state index contributed by atoms with van der Waals surface area (Å²) in [4.78, 5) is 42.0. The van der Waals surface area contributed by atoms with Gasteiger partial charge in [0.1, 0.15) is 5.56 Å². The molecule has 1 saturated heterocycles. The molecule has 1 aromatic carbocycles. The molecule has 1 fully saturated rings. The van der Waals surface area contributed by atoms with Crippen molar-refractivity contribution in [1.29, 1.82) is 0 Å². The van der Waals surface area contributed by atoms with Crippen molar-refractivity contribution in [1.82, 2.24) is 9.88 Å². The second-order valence-corrected chi connectivity index (χ2v) is 8.44. The number of ketones is 1. The van der Waals surface area contributed by atoms with E-state index in [1.165, 1.54) is 17.2 Å². The van der Waals surface area contributed by atoms with Crippen LogP contribution in [-0.4, -0.2) is 34.7 Å². The predicted molar refractivity (Wildman–Crippen MR) is 112 cm³/mol. The molecule has 1 N–H and O–H groups in total. The normalized spacial score (nSPS) is 17.3. The minimum Gasteiger partial charge on any atom is -0.338 e. The van der Waals surface area contributed by atoms with Gasteiger partial charge >= 0.3 is 0 Å².